The van der Waals surface area contributed by atoms with Gasteiger partial charge in [-0.25, -0.2) is 0 Å². The normalized spacial score (nSPS) is 10.6. The highest BCUT2D eigenvalue weighted by Gasteiger charge is 2.09. The first-order valence-electron chi connectivity index (χ1n) is 6.85. The number of amides is 1. The third-order valence-corrected chi connectivity index (χ3v) is 3.05. The molecule has 2 aromatic carbocycles. The number of aryl methyl sites for hydroxylation is 1. The molecule has 4 heteroatoms. The molecule has 0 heterocycles. The van der Waals surface area contributed by atoms with E-state index < -0.39 is 0 Å². The Balaban J connectivity index is 2.17. The van der Waals surface area contributed by atoms with Crippen molar-refractivity contribution in [2.24, 2.45) is 0 Å². The Morgan fingerprint density at radius 2 is 1.91 bits per heavy atom. The van der Waals surface area contributed by atoms with Crippen LogP contribution in [0.2, 0.25) is 0 Å². The van der Waals surface area contributed by atoms with E-state index in [1.54, 1.807) is 12.1 Å². The molecule has 0 bridgehead atoms. The minimum Gasteiger partial charge on any atom is -0.507 e. The molecular weight excluding hydrogens is 278 g/mol. The topological polar surface area (TPSA) is 66.4 Å². The van der Waals surface area contributed by atoms with Crippen LogP contribution in [0.15, 0.2) is 48.5 Å². The van der Waals surface area contributed by atoms with Crippen molar-refractivity contribution in [1.29, 1.82) is 0 Å². The average Bonchev–Trinajstić information content (AvgIpc) is 2.44. The van der Waals surface area contributed by atoms with Crippen LogP contribution in [0.3, 0.4) is 0 Å². The van der Waals surface area contributed by atoms with Crippen LogP contribution >= 0.6 is 0 Å². The van der Waals surface area contributed by atoms with Crippen molar-refractivity contribution in [2.45, 2.75) is 13.8 Å². The van der Waals surface area contributed by atoms with Crippen LogP contribution in [0, 0.1) is 6.92 Å². The molecule has 0 saturated carbocycles. The van der Waals surface area contributed by atoms with E-state index in [4.69, 9.17) is 0 Å². The fourth-order valence-electron chi connectivity index (χ4n) is 2.06. The first-order chi connectivity index (χ1) is 10.5. The molecule has 0 aliphatic heterocycles. The Morgan fingerprint density at radius 3 is 2.55 bits per heavy atom. The third-order valence-electron chi connectivity index (χ3n) is 3.05. The molecule has 0 aliphatic carbocycles. The van der Waals surface area contributed by atoms with Gasteiger partial charge in [0.1, 0.15) is 5.75 Å². The zero-order valence-corrected chi connectivity index (χ0v) is 12.5. The first kappa shape index (κ1) is 15.5. The van der Waals surface area contributed by atoms with Crippen LogP contribution in [0.5, 0.6) is 5.75 Å². The molecule has 1 amide bonds. The largest absolute Gasteiger partial charge is 0.507 e. The van der Waals surface area contributed by atoms with Gasteiger partial charge in [0.25, 0.3) is 0 Å². The van der Waals surface area contributed by atoms with Gasteiger partial charge in [-0.15, -0.1) is 0 Å². The summed E-state index contributed by atoms with van der Waals surface area (Å²) in [4.78, 5) is 23.1. The molecule has 112 valence electrons. The number of carbonyl (C=O) groups is 2. The molecule has 0 spiro atoms. The van der Waals surface area contributed by atoms with Gasteiger partial charge in [0.05, 0.1) is 5.56 Å². The van der Waals surface area contributed by atoms with Crippen molar-refractivity contribution < 1.29 is 14.7 Å². The second-order valence-electron chi connectivity index (χ2n) is 5.02. The lowest BCUT2D eigenvalue weighted by molar-refractivity contribution is -0.114. The lowest BCUT2D eigenvalue weighted by Gasteiger charge is -2.05. The second-order valence-corrected chi connectivity index (χ2v) is 5.02. The van der Waals surface area contributed by atoms with Gasteiger partial charge in [-0.05, 0) is 30.7 Å². The molecular formula is C18H17NO3. The van der Waals surface area contributed by atoms with Gasteiger partial charge in [0, 0.05) is 18.7 Å². The fourth-order valence-corrected chi connectivity index (χ4v) is 2.06. The van der Waals surface area contributed by atoms with Crippen LogP contribution in [0.25, 0.3) is 6.08 Å². The first-order valence-corrected chi connectivity index (χ1v) is 6.85. The summed E-state index contributed by atoms with van der Waals surface area (Å²) < 4.78 is 0. The van der Waals surface area contributed by atoms with Crippen molar-refractivity contribution in [3.63, 3.8) is 0 Å². The van der Waals surface area contributed by atoms with E-state index in [1.807, 2.05) is 31.2 Å². The van der Waals surface area contributed by atoms with Crippen molar-refractivity contribution in [1.82, 2.24) is 0 Å². The predicted octanol–water partition coefficient (Wildman–Crippen LogP) is 3.56. The van der Waals surface area contributed by atoms with E-state index in [1.165, 1.54) is 25.1 Å². The smallest absolute Gasteiger partial charge is 0.221 e. The molecule has 4 nitrogen and oxygen atoms in total. The maximum absolute atomic E-state index is 12.1. The summed E-state index contributed by atoms with van der Waals surface area (Å²) in [6.45, 7) is 3.35. The van der Waals surface area contributed by atoms with E-state index in [-0.39, 0.29) is 23.0 Å². The van der Waals surface area contributed by atoms with Crippen LogP contribution in [-0.2, 0) is 4.79 Å². The molecule has 0 radical (unpaired) electrons. The summed E-state index contributed by atoms with van der Waals surface area (Å²) in [6, 6.07) is 12.2. The van der Waals surface area contributed by atoms with Gasteiger partial charge in [-0.1, -0.05) is 35.9 Å². The number of ketones is 1. The average molecular weight is 295 g/mol. The molecule has 0 saturated heterocycles. The molecule has 0 aliphatic rings. The summed E-state index contributed by atoms with van der Waals surface area (Å²) >= 11 is 0. The molecule has 0 atom stereocenters. The van der Waals surface area contributed by atoms with Gasteiger partial charge in [-0.3, -0.25) is 9.59 Å². The zero-order chi connectivity index (χ0) is 16.1. The Kier molecular flexibility index (Phi) is 4.73. The molecule has 2 N–H and O–H groups in total. The van der Waals surface area contributed by atoms with Crippen molar-refractivity contribution in [3.8, 4) is 5.75 Å². The maximum Gasteiger partial charge on any atom is 0.221 e. The lowest BCUT2D eigenvalue weighted by Crippen LogP contribution is -2.06. The summed E-state index contributed by atoms with van der Waals surface area (Å²) in [6.07, 6.45) is 3.12. The van der Waals surface area contributed by atoms with Gasteiger partial charge in [0.15, 0.2) is 5.78 Å². The Hall–Kier alpha value is -2.88. The standard InChI is InChI=1S/C18H17NO3/c1-12-4-3-5-14(10-12)6-9-17(21)16-8-7-15(11-18(16)22)19-13(2)20/h3-11,22H,1-2H3,(H,19,20). The number of nitrogens with one attached hydrogen (secondary N) is 1. The molecule has 0 fully saturated rings. The summed E-state index contributed by atoms with van der Waals surface area (Å²) in [5.74, 6) is -0.698. The highest BCUT2D eigenvalue weighted by molar-refractivity contribution is 6.09. The van der Waals surface area contributed by atoms with Crippen molar-refractivity contribution in [3.05, 3.63) is 65.2 Å². The number of allylic oxidation sites excluding steroid dienone is 1. The Labute approximate surface area is 129 Å². The minimum atomic E-state index is -0.298. The second kappa shape index (κ2) is 6.72. The summed E-state index contributed by atoms with van der Waals surface area (Å²) in [5, 5.41) is 12.5. The van der Waals surface area contributed by atoms with E-state index in [2.05, 4.69) is 5.32 Å². The molecule has 0 unspecified atom stereocenters. The number of carbonyl (C=O) groups excluding carboxylic acids is 2. The van der Waals surface area contributed by atoms with Crippen LogP contribution in [-0.4, -0.2) is 16.8 Å². The highest BCUT2D eigenvalue weighted by atomic mass is 16.3. The Morgan fingerprint density at radius 1 is 1.14 bits per heavy atom. The number of benzene rings is 2. The predicted molar refractivity (Wildman–Crippen MR) is 87.0 cm³/mol. The summed E-state index contributed by atoms with van der Waals surface area (Å²) in [7, 11) is 0. The van der Waals surface area contributed by atoms with E-state index in [9.17, 15) is 14.7 Å². The van der Waals surface area contributed by atoms with Gasteiger partial charge < -0.3 is 10.4 Å². The van der Waals surface area contributed by atoms with Crippen LogP contribution < -0.4 is 5.32 Å². The number of rotatable bonds is 4. The highest BCUT2D eigenvalue weighted by Crippen LogP contribution is 2.23. The van der Waals surface area contributed by atoms with E-state index >= 15 is 0 Å². The lowest BCUT2D eigenvalue weighted by atomic mass is 10.1. The number of hydrogen-bond acceptors (Lipinski definition) is 3. The molecule has 2 aromatic rings. The molecule has 2 rings (SSSR count). The van der Waals surface area contributed by atoms with Crippen LogP contribution in [0.4, 0.5) is 5.69 Å². The fraction of sp³-hybridized carbons (Fsp3) is 0.111. The van der Waals surface area contributed by atoms with E-state index in [0.29, 0.717) is 5.69 Å². The van der Waals surface area contributed by atoms with E-state index in [0.717, 1.165) is 11.1 Å². The maximum atomic E-state index is 12.1. The van der Waals surface area contributed by atoms with Crippen molar-refractivity contribution in [2.75, 3.05) is 5.32 Å². The number of aromatic hydroxyl groups is 1. The van der Waals surface area contributed by atoms with Gasteiger partial charge in [0.2, 0.25) is 5.91 Å². The zero-order valence-electron chi connectivity index (χ0n) is 12.5. The molecule has 0 aromatic heterocycles. The monoisotopic (exact) mass is 295 g/mol. The van der Waals surface area contributed by atoms with Gasteiger partial charge >= 0.3 is 0 Å². The SMILES string of the molecule is CC(=O)Nc1ccc(C(=O)C=Cc2cccc(C)c2)c(O)c1. The number of hydrogen-bond donors (Lipinski definition) is 2. The number of phenols is 1. The van der Waals surface area contributed by atoms with Crippen molar-refractivity contribution >= 4 is 23.5 Å². The number of anilines is 1. The minimum absolute atomic E-state index is 0.162. The number of phenolic OH excluding ortho intramolecular Hbond substituents is 1. The quantitative estimate of drug-likeness (QED) is 0.669. The summed E-state index contributed by atoms with van der Waals surface area (Å²) in [5.41, 5.74) is 2.67. The Bertz CT molecular complexity index is 748. The third kappa shape index (κ3) is 4.06. The molecule has 22 heavy (non-hydrogen) atoms. The van der Waals surface area contributed by atoms with Gasteiger partial charge in [-0.2, -0.15) is 0 Å². The van der Waals surface area contributed by atoms with Crippen LogP contribution in [0.1, 0.15) is 28.4 Å².